The van der Waals surface area contributed by atoms with Gasteiger partial charge in [-0.1, -0.05) is 6.07 Å². The van der Waals surface area contributed by atoms with Crippen LogP contribution in [-0.4, -0.2) is 20.1 Å². The van der Waals surface area contributed by atoms with Crippen LogP contribution in [0.4, 0.5) is 0 Å². The lowest BCUT2D eigenvalue weighted by atomic mass is 9.91. The summed E-state index contributed by atoms with van der Waals surface area (Å²) in [5.74, 6) is 0.0546. The van der Waals surface area contributed by atoms with Gasteiger partial charge in [0.2, 0.25) is 0 Å². The van der Waals surface area contributed by atoms with Gasteiger partial charge in [0.1, 0.15) is 6.33 Å². The molecule has 0 spiro atoms. The zero-order chi connectivity index (χ0) is 17.5. The van der Waals surface area contributed by atoms with Crippen LogP contribution in [0.5, 0.6) is 0 Å². The number of hydrogen-bond acceptors (Lipinski definition) is 3. The zero-order valence-electron chi connectivity index (χ0n) is 15.0. The number of nitrogens with zero attached hydrogens (tertiary/aromatic N) is 3. The zero-order valence-corrected chi connectivity index (χ0v) is 15.0. The van der Waals surface area contributed by atoms with Crippen LogP contribution in [0.2, 0.25) is 0 Å². The van der Waals surface area contributed by atoms with Gasteiger partial charge in [-0.3, -0.25) is 9.36 Å². The third-order valence-electron chi connectivity index (χ3n) is 4.18. The van der Waals surface area contributed by atoms with Crippen molar-refractivity contribution in [3.05, 3.63) is 50.7 Å². The van der Waals surface area contributed by atoms with Crippen LogP contribution in [0.1, 0.15) is 60.3 Å². The van der Waals surface area contributed by atoms with E-state index in [1.165, 1.54) is 4.68 Å². The normalized spacial score (nSPS) is 11.8. The Kier molecular flexibility index (Phi) is 4.33. The first-order valence-corrected chi connectivity index (χ1v) is 7.79. The van der Waals surface area contributed by atoms with E-state index in [9.17, 15) is 9.59 Å². The summed E-state index contributed by atoms with van der Waals surface area (Å²) in [7, 11) is 0. The lowest BCUT2D eigenvalue weighted by Gasteiger charge is -2.17. The minimum Gasteiger partial charge on any atom is -0.294 e. The smallest absolute Gasteiger partial charge is 0.294 e. The highest BCUT2D eigenvalue weighted by atomic mass is 16.2. The SMILES string of the molecule is CC(=O)c1c(C)cc(C)c(Cn2cnn(C(C)(C)C)c2=O)c1C. The van der Waals surface area contributed by atoms with E-state index < -0.39 is 0 Å². The molecule has 0 unspecified atom stereocenters. The van der Waals surface area contributed by atoms with Gasteiger partial charge in [-0.2, -0.15) is 5.10 Å². The van der Waals surface area contributed by atoms with Crippen LogP contribution >= 0.6 is 0 Å². The van der Waals surface area contributed by atoms with Crippen molar-refractivity contribution in [1.29, 1.82) is 0 Å². The first-order valence-electron chi connectivity index (χ1n) is 7.79. The second-order valence-electron chi connectivity index (χ2n) is 7.17. The number of aromatic nitrogens is 3. The molecule has 0 fully saturated rings. The third-order valence-corrected chi connectivity index (χ3v) is 4.18. The second-order valence-corrected chi connectivity index (χ2v) is 7.17. The fourth-order valence-corrected chi connectivity index (χ4v) is 3.08. The summed E-state index contributed by atoms with van der Waals surface area (Å²) >= 11 is 0. The maximum Gasteiger partial charge on any atom is 0.346 e. The van der Waals surface area contributed by atoms with Crippen LogP contribution in [0.3, 0.4) is 0 Å². The van der Waals surface area contributed by atoms with Crippen LogP contribution < -0.4 is 5.69 Å². The lowest BCUT2D eigenvalue weighted by Crippen LogP contribution is -2.36. The molecular formula is C18H25N3O2. The van der Waals surface area contributed by atoms with Crippen molar-refractivity contribution >= 4 is 5.78 Å². The third kappa shape index (κ3) is 3.14. The van der Waals surface area contributed by atoms with Gasteiger partial charge in [0.25, 0.3) is 0 Å². The van der Waals surface area contributed by atoms with E-state index in [4.69, 9.17) is 0 Å². The second kappa shape index (κ2) is 5.80. The highest BCUT2D eigenvalue weighted by Crippen LogP contribution is 2.23. The number of rotatable bonds is 3. The monoisotopic (exact) mass is 315 g/mol. The van der Waals surface area contributed by atoms with Crippen LogP contribution in [0.15, 0.2) is 17.2 Å². The summed E-state index contributed by atoms with van der Waals surface area (Å²) in [6.45, 7) is 13.8. The molecule has 1 heterocycles. The van der Waals surface area contributed by atoms with Gasteiger partial charge in [-0.05, 0) is 70.7 Å². The highest BCUT2D eigenvalue weighted by molar-refractivity contribution is 5.97. The quantitative estimate of drug-likeness (QED) is 0.818. The van der Waals surface area contributed by atoms with Crippen molar-refractivity contribution in [2.45, 2.75) is 60.5 Å². The average molecular weight is 315 g/mol. The fourth-order valence-electron chi connectivity index (χ4n) is 3.08. The summed E-state index contributed by atoms with van der Waals surface area (Å²) in [4.78, 5) is 24.4. The molecule has 0 saturated heterocycles. The Morgan fingerprint density at radius 3 is 2.26 bits per heavy atom. The largest absolute Gasteiger partial charge is 0.346 e. The predicted octanol–water partition coefficient (Wildman–Crippen LogP) is 2.98. The van der Waals surface area contributed by atoms with Crippen LogP contribution in [0, 0.1) is 20.8 Å². The summed E-state index contributed by atoms with van der Waals surface area (Å²) in [5.41, 5.74) is 4.28. The van der Waals surface area contributed by atoms with Crippen molar-refractivity contribution in [3.8, 4) is 0 Å². The van der Waals surface area contributed by atoms with Gasteiger partial charge in [0.15, 0.2) is 5.78 Å². The molecule has 124 valence electrons. The van der Waals surface area contributed by atoms with Crippen molar-refractivity contribution in [2.24, 2.45) is 0 Å². The first-order chi connectivity index (χ1) is 10.5. The molecule has 5 nitrogen and oxygen atoms in total. The van der Waals surface area contributed by atoms with E-state index in [1.54, 1.807) is 17.8 Å². The molecule has 23 heavy (non-hydrogen) atoms. The van der Waals surface area contributed by atoms with Crippen LogP contribution in [0.25, 0.3) is 0 Å². The molecule has 0 aliphatic heterocycles. The van der Waals surface area contributed by atoms with Crippen molar-refractivity contribution in [1.82, 2.24) is 14.3 Å². The summed E-state index contributed by atoms with van der Waals surface area (Å²) in [6.07, 6.45) is 1.57. The van der Waals surface area contributed by atoms with E-state index in [0.717, 1.165) is 27.8 Å². The molecule has 0 N–H and O–H groups in total. The lowest BCUT2D eigenvalue weighted by molar-refractivity contribution is 0.101. The Bertz CT molecular complexity index is 820. The molecule has 0 bridgehead atoms. The van der Waals surface area contributed by atoms with Gasteiger partial charge >= 0.3 is 5.69 Å². The van der Waals surface area contributed by atoms with E-state index in [1.807, 2.05) is 47.6 Å². The summed E-state index contributed by atoms with van der Waals surface area (Å²) in [6, 6.07) is 2.01. The molecular weight excluding hydrogens is 290 g/mol. The van der Waals surface area contributed by atoms with E-state index >= 15 is 0 Å². The molecule has 5 heteroatoms. The van der Waals surface area contributed by atoms with Crippen molar-refractivity contribution < 1.29 is 4.79 Å². The molecule has 0 atom stereocenters. The molecule has 2 rings (SSSR count). The number of benzene rings is 1. The number of aryl methyl sites for hydroxylation is 2. The molecule has 0 aliphatic rings. The molecule has 0 amide bonds. The highest BCUT2D eigenvalue weighted by Gasteiger charge is 2.20. The standard InChI is InChI=1S/C18H25N3O2/c1-11-8-12(2)16(14(4)22)13(3)15(11)9-20-10-19-21(17(20)23)18(5,6)7/h8,10H,9H2,1-7H3. The predicted molar refractivity (Wildman–Crippen MR) is 91.2 cm³/mol. The number of carbonyl (C=O) groups is 1. The topological polar surface area (TPSA) is 56.9 Å². The Labute approximate surface area is 136 Å². The maximum atomic E-state index is 12.5. The minimum absolute atomic E-state index is 0.0546. The Morgan fingerprint density at radius 2 is 1.78 bits per heavy atom. The Balaban J connectivity index is 2.54. The maximum absolute atomic E-state index is 12.5. The van der Waals surface area contributed by atoms with Gasteiger partial charge < -0.3 is 0 Å². The molecule has 2 aromatic rings. The summed E-state index contributed by atoms with van der Waals surface area (Å²) < 4.78 is 3.08. The van der Waals surface area contributed by atoms with E-state index in [-0.39, 0.29) is 17.0 Å². The average Bonchev–Trinajstić information content (AvgIpc) is 2.74. The fraction of sp³-hybridized carbons (Fsp3) is 0.500. The van der Waals surface area contributed by atoms with Gasteiger partial charge in [0.05, 0.1) is 12.1 Å². The molecule has 0 aliphatic carbocycles. The van der Waals surface area contributed by atoms with E-state index in [0.29, 0.717) is 6.54 Å². The van der Waals surface area contributed by atoms with Gasteiger partial charge in [0, 0.05) is 5.56 Å². The molecule has 1 aromatic heterocycles. The van der Waals surface area contributed by atoms with Crippen molar-refractivity contribution in [2.75, 3.05) is 0 Å². The number of hydrogen-bond donors (Lipinski definition) is 0. The number of Topliss-reactive ketones (excluding diaryl/α,β-unsaturated/α-hetero) is 1. The molecule has 0 radical (unpaired) electrons. The number of carbonyl (C=O) groups excluding carboxylic acids is 1. The van der Waals surface area contributed by atoms with Crippen LogP contribution in [-0.2, 0) is 12.1 Å². The molecule has 1 aromatic carbocycles. The minimum atomic E-state index is -0.357. The van der Waals surface area contributed by atoms with Crippen molar-refractivity contribution in [3.63, 3.8) is 0 Å². The van der Waals surface area contributed by atoms with E-state index in [2.05, 4.69) is 5.10 Å². The van der Waals surface area contributed by atoms with Gasteiger partial charge in [-0.15, -0.1) is 0 Å². The number of ketones is 1. The first kappa shape index (κ1) is 17.2. The summed E-state index contributed by atoms with van der Waals surface area (Å²) in [5, 5.41) is 4.22. The van der Waals surface area contributed by atoms with Gasteiger partial charge in [-0.25, -0.2) is 9.48 Å². The Hall–Kier alpha value is -2.17. The Morgan fingerprint density at radius 1 is 1.17 bits per heavy atom. The molecule has 0 saturated carbocycles.